The highest BCUT2D eigenvalue weighted by atomic mass is 32.1. The number of rotatable bonds is 5. The zero-order valence-electron chi connectivity index (χ0n) is 11.7. The summed E-state index contributed by atoms with van der Waals surface area (Å²) >= 11 is 1.83. The molecular weight excluding hydrogens is 262 g/mol. The summed E-state index contributed by atoms with van der Waals surface area (Å²) < 4.78 is 1.37. The molecule has 20 heavy (non-hydrogen) atoms. The van der Waals surface area contributed by atoms with Crippen molar-refractivity contribution >= 4 is 21.4 Å². The van der Waals surface area contributed by atoms with Crippen LogP contribution in [0.3, 0.4) is 0 Å². The highest BCUT2D eigenvalue weighted by Crippen LogP contribution is 2.26. The van der Waals surface area contributed by atoms with Crippen molar-refractivity contribution in [3.8, 4) is 0 Å². The van der Waals surface area contributed by atoms with Gasteiger partial charge < -0.3 is 5.32 Å². The van der Waals surface area contributed by atoms with Crippen LogP contribution in [0.2, 0.25) is 0 Å². The molecule has 0 aliphatic carbocycles. The first-order chi connectivity index (χ1) is 9.88. The fraction of sp³-hybridized carbons (Fsp3) is 0.222. The molecule has 2 heteroatoms. The van der Waals surface area contributed by atoms with E-state index in [9.17, 15) is 0 Å². The smallest absolute Gasteiger partial charge is 0.0346 e. The molecule has 1 unspecified atom stereocenters. The second-order valence-corrected chi connectivity index (χ2v) is 5.92. The molecule has 3 rings (SSSR count). The van der Waals surface area contributed by atoms with Crippen molar-refractivity contribution in [2.75, 3.05) is 0 Å². The Balaban J connectivity index is 1.75. The number of nitrogens with one attached hydrogen (secondary N) is 1. The van der Waals surface area contributed by atoms with Gasteiger partial charge in [0.05, 0.1) is 0 Å². The third-order valence-corrected chi connectivity index (χ3v) is 4.72. The van der Waals surface area contributed by atoms with E-state index in [1.54, 1.807) is 0 Å². The van der Waals surface area contributed by atoms with Crippen LogP contribution in [0.4, 0.5) is 0 Å². The van der Waals surface area contributed by atoms with Gasteiger partial charge in [0.2, 0.25) is 0 Å². The van der Waals surface area contributed by atoms with Gasteiger partial charge in [0, 0.05) is 17.3 Å². The summed E-state index contributed by atoms with van der Waals surface area (Å²) in [6, 6.07) is 19.8. The molecule has 0 saturated carbocycles. The SMILES string of the molecule is CCC(NCc1csc2ccccc12)c1ccccc1. The van der Waals surface area contributed by atoms with Crippen LogP contribution in [0.15, 0.2) is 60.0 Å². The summed E-state index contributed by atoms with van der Waals surface area (Å²) in [5, 5.41) is 7.34. The summed E-state index contributed by atoms with van der Waals surface area (Å²) in [6.07, 6.45) is 1.10. The molecule has 1 N–H and O–H groups in total. The average Bonchev–Trinajstić information content (AvgIpc) is 2.92. The number of thiophene rings is 1. The van der Waals surface area contributed by atoms with E-state index >= 15 is 0 Å². The standard InChI is InChI=1S/C18H19NS/c1-2-17(14-8-4-3-5-9-14)19-12-15-13-20-18-11-7-6-10-16(15)18/h3-11,13,17,19H,2,12H2,1H3. The Hall–Kier alpha value is -1.64. The van der Waals surface area contributed by atoms with E-state index in [-0.39, 0.29) is 0 Å². The topological polar surface area (TPSA) is 12.0 Å². The maximum atomic E-state index is 3.69. The summed E-state index contributed by atoms with van der Waals surface area (Å²) in [5.41, 5.74) is 2.77. The van der Waals surface area contributed by atoms with Gasteiger partial charge in [-0.3, -0.25) is 0 Å². The Kier molecular flexibility index (Phi) is 4.14. The lowest BCUT2D eigenvalue weighted by Crippen LogP contribution is -2.19. The molecule has 0 aliphatic rings. The van der Waals surface area contributed by atoms with Gasteiger partial charge in [-0.1, -0.05) is 55.5 Å². The second-order valence-electron chi connectivity index (χ2n) is 5.01. The van der Waals surface area contributed by atoms with E-state index in [4.69, 9.17) is 0 Å². The van der Waals surface area contributed by atoms with Crippen molar-refractivity contribution in [1.82, 2.24) is 5.32 Å². The van der Waals surface area contributed by atoms with Crippen LogP contribution < -0.4 is 5.32 Å². The van der Waals surface area contributed by atoms with E-state index in [0.29, 0.717) is 6.04 Å². The summed E-state index contributed by atoms with van der Waals surface area (Å²) in [5.74, 6) is 0. The Morgan fingerprint density at radius 1 is 1.00 bits per heavy atom. The van der Waals surface area contributed by atoms with Crippen molar-refractivity contribution in [3.63, 3.8) is 0 Å². The molecule has 3 aromatic rings. The van der Waals surface area contributed by atoms with Gasteiger partial charge >= 0.3 is 0 Å². The Labute approximate surface area is 124 Å². The Morgan fingerprint density at radius 3 is 2.55 bits per heavy atom. The van der Waals surface area contributed by atoms with Crippen LogP contribution in [0.25, 0.3) is 10.1 Å². The minimum absolute atomic E-state index is 0.426. The lowest BCUT2D eigenvalue weighted by atomic mass is 10.0. The van der Waals surface area contributed by atoms with Crippen LogP contribution in [-0.4, -0.2) is 0 Å². The zero-order valence-corrected chi connectivity index (χ0v) is 12.5. The maximum absolute atomic E-state index is 3.69. The minimum atomic E-state index is 0.426. The lowest BCUT2D eigenvalue weighted by Gasteiger charge is -2.17. The molecule has 0 radical (unpaired) electrons. The summed E-state index contributed by atoms with van der Waals surface area (Å²) in [4.78, 5) is 0. The number of hydrogen-bond donors (Lipinski definition) is 1. The number of fused-ring (bicyclic) bond motifs is 1. The molecule has 1 nitrogen and oxygen atoms in total. The van der Waals surface area contributed by atoms with Crippen LogP contribution in [0.1, 0.15) is 30.5 Å². The first kappa shape index (κ1) is 13.3. The van der Waals surface area contributed by atoms with Crippen molar-refractivity contribution < 1.29 is 0 Å². The van der Waals surface area contributed by atoms with Gasteiger partial charge in [0.1, 0.15) is 0 Å². The highest BCUT2D eigenvalue weighted by Gasteiger charge is 2.09. The molecule has 102 valence electrons. The molecule has 0 saturated heterocycles. The Morgan fingerprint density at radius 2 is 1.75 bits per heavy atom. The van der Waals surface area contributed by atoms with E-state index in [2.05, 4.69) is 72.2 Å². The van der Waals surface area contributed by atoms with Gasteiger partial charge in [-0.25, -0.2) is 0 Å². The molecule has 1 atom stereocenters. The van der Waals surface area contributed by atoms with Crippen molar-refractivity contribution in [1.29, 1.82) is 0 Å². The van der Waals surface area contributed by atoms with Crippen LogP contribution >= 0.6 is 11.3 Å². The van der Waals surface area contributed by atoms with Gasteiger partial charge in [-0.05, 0) is 34.4 Å². The Bertz CT molecular complexity index is 672. The first-order valence-corrected chi connectivity index (χ1v) is 8.00. The quantitative estimate of drug-likeness (QED) is 0.682. The molecule has 0 amide bonds. The molecule has 0 aliphatic heterocycles. The molecule has 1 heterocycles. The van der Waals surface area contributed by atoms with Crippen LogP contribution in [0, 0.1) is 0 Å². The maximum Gasteiger partial charge on any atom is 0.0346 e. The lowest BCUT2D eigenvalue weighted by molar-refractivity contribution is 0.520. The van der Waals surface area contributed by atoms with Crippen molar-refractivity contribution in [3.05, 3.63) is 71.1 Å². The zero-order chi connectivity index (χ0) is 13.8. The predicted molar refractivity (Wildman–Crippen MR) is 88.1 cm³/mol. The second kappa shape index (κ2) is 6.21. The third kappa shape index (κ3) is 2.77. The van der Waals surface area contributed by atoms with E-state index in [1.807, 2.05) is 11.3 Å². The number of hydrogen-bond acceptors (Lipinski definition) is 2. The van der Waals surface area contributed by atoms with Crippen LogP contribution in [-0.2, 0) is 6.54 Å². The third-order valence-electron chi connectivity index (χ3n) is 3.71. The minimum Gasteiger partial charge on any atom is -0.306 e. The van der Waals surface area contributed by atoms with E-state index in [1.165, 1.54) is 21.2 Å². The predicted octanol–water partition coefficient (Wildman–Crippen LogP) is 5.14. The molecule has 2 aromatic carbocycles. The molecule has 0 fully saturated rings. The fourth-order valence-corrected chi connectivity index (χ4v) is 3.55. The number of benzene rings is 2. The molecule has 1 aromatic heterocycles. The summed E-state index contributed by atoms with van der Waals surface area (Å²) in [7, 11) is 0. The monoisotopic (exact) mass is 281 g/mol. The van der Waals surface area contributed by atoms with E-state index < -0.39 is 0 Å². The first-order valence-electron chi connectivity index (χ1n) is 7.12. The summed E-state index contributed by atoms with van der Waals surface area (Å²) in [6.45, 7) is 3.16. The van der Waals surface area contributed by atoms with Gasteiger partial charge in [-0.2, -0.15) is 0 Å². The largest absolute Gasteiger partial charge is 0.306 e. The fourth-order valence-electron chi connectivity index (χ4n) is 2.59. The van der Waals surface area contributed by atoms with Crippen molar-refractivity contribution in [2.45, 2.75) is 25.9 Å². The molecular formula is C18H19NS. The van der Waals surface area contributed by atoms with Crippen LogP contribution in [0.5, 0.6) is 0 Å². The van der Waals surface area contributed by atoms with Gasteiger partial charge in [0.25, 0.3) is 0 Å². The average molecular weight is 281 g/mol. The van der Waals surface area contributed by atoms with E-state index in [0.717, 1.165) is 13.0 Å². The molecule has 0 spiro atoms. The normalized spacial score (nSPS) is 12.7. The van der Waals surface area contributed by atoms with Gasteiger partial charge in [-0.15, -0.1) is 11.3 Å². The molecule has 0 bridgehead atoms. The van der Waals surface area contributed by atoms with Gasteiger partial charge in [0.15, 0.2) is 0 Å². The van der Waals surface area contributed by atoms with Crippen molar-refractivity contribution in [2.24, 2.45) is 0 Å². The highest BCUT2D eigenvalue weighted by molar-refractivity contribution is 7.17.